The lowest BCUT2D eigenvalue weighted by atomic mass is 9.92. The van der Waals surface area contributed by atoms with E-state index in [0.29, 0.717) is 11.4 Å². The molecular weight excluding hydrogens is 414 g/mol. The second-order valence-electron chi connectivity index (χ2n) is 7.38. The van der Waals surface area contributed by atoms with Crippen molar-refractivity contribution in [3.05, 3.63) is 83.4 Å². The summed E-state index contributed by atoms with van der Waals surface area (Å²) in [5.41, 5.74) is 3.98. The lowest BCUT2D eigenvalue weighted by molar-refractivity contribution is 0.401. The van der Waals surface area contributed by atoms with Gasteiger partial charge in [0.05, 0.1) is 7.11 Å². The molecule has 0 unspecified atom stereocenters. The first kappa shape index (κ1) is 20.8. The van der Waals surface area contributed by atoms with E-state index >= 15 is 0 Å². The Kier molecular flexibility index (Phi) is 6.35. The highest BCUT2D eigenvalue weighted by molar-refractivity contribution is 7.98. The lowest BCUT2D eigenvalue weighted by Crippen LogP contribution is -2.16. The van der Waals surface area contributed by atoms with Crippen molar-refractivity contribution in [2.45, 2.75) is 41.2 Å². The number of rotatable bonds is 7. The van der Waals surface area contributed by atoms with Gasteiger partial charge in [-0.15, -0.1) is 11.8 Å². The molecule has 0 heterocycles. The standard InChI is InChI=1S/C24H25NO3S2/c1-28-23-15-19-7-5-6-8-20(19)16-24(23)30(26,27)25-21-13-11-18(12-14-21)17-29-22-9-3-2-4-10-22/h2-4,9-16,25H,5-8,17H2,1H3. The number of hydrogen-bond acceptors (Lipinski definition) is 4. The Morgan fingerprint density at radius 3 is 2.27 bits per heavy atom. The number of fused-ring (bicyclic) bond motifs is 1. The number of ether oxygens (including phenoxy) is 1. The highest BCUT2D eigenvalue weighted by Crippen LogP contribution is 2.33. The van der Waals surface area contributed by atoms with Crippen LogP contribution in [-0.4, -0.2) is 15.5 Å². The Morgan fingerprint density at radius 1 is 0.933 bits per heavy atom. The van der Waals surface area contributed by atoms with E-state index in [0.717, 1.165) is 42.6 Å². The average molecular weight is 440 g/mol. The number of methoxy groups -OCH3 is 1. The highest BCUT2D eigenvalue weighted by Gasteiger charge is 2.23. The van der Waals surface area contributed by atoms with Gasteiger partial charge in [-0.1, -0.05) is 30.3 Å². The van der Waals surface area contributed by atoms with Gasteiger partial charge in [0.15, 0.2) is 0 Å². The van der Waals surface area contributed by atoms with Crippen LogP contribution in [0.2, 0.25) is 0 Å². The number of hydrogen-bond donors (Lipinski definition) is 1. The van der Waals surface area contributed by atoms with Gasteiger partial charge in [-0.2, -0.15) is 0 Å². The molecule has 4 nitrogen and oxygen atoms in total. The number of anilines is 1. The molecule has 0 spiro atoms. The lowest BCUT2D eigenvalue weighted by Gasteiger charge is -2.19. The van der Waals surface area contributed by atoms with Crippen LogP contribution in [0.3, 0.4) is 0 Å². The second kappa shape index (κ2) is 9.14. The van der Waals surface area contributed by atoms with Crippen LogP contribution in [0.5, 0.6) is 5.75 Å². The molecule has 1 aliphatic carbocycles. The maximum atomic E-state index is 13.1. The fraction of sp³-hybridized carbons (Fsp3) is 0.250. The van der Waals surface area contributed by atoms with Gasteiger partial charge in [0.2, 0.25) is 0 Å². The molecule has 0 aromatic heterocycles. The maximum Gasteiger partial charge on any atom is 0.265 e. The molecule has 156 valence electrons. The maximum absolute atomic E-state index is 13.1. The Labute approximate surface area is 182 Å². The molecule has 6 heteroatoms. The average Bonchev–Trinajstić information content (AvgIpc) is 2.78. The van der Waals surface area contributed by atoms with E-state index in [1.165, 1.54) is 17.6 Å². The summed E-state index contributed by atoms with van der Waals surface area (Å²) in [5.74, 6) is 1.23. The predicted octanol–water partition coefficient (Wildman–Crippen LogP) is 5.67. The molecule has 0 fully saturated rings. The van der Waals surface area contributed by atoms with Crippen molar-refractivity contribution in [2.24, 2.45) is 0 Å². The molecule has 0 aliphatic heterocycles. The minimum absolute atomic E-state index is 0.203. The Balaban J connectivity index is 1.49. The van der Waals surface area contributed by atoms with Crippen LogP contribution in [0.25, 0.3) is 0 Å². The number of benzene rings is 3. The van der Waals surface area contributed by atoms with Gasteiger partial charge < -0.3 is 4.74 Å². The number of sulfonamides is 1. The van der Waals surface area contributed by atoms with Gasteiger partial charge in [0.25, 0.3) is 10.0 Å². The Hall–Kier alpha value is -2.44. The monoisotopic (exact) mass is 439 g/mol. The third-order valence-electron chi connectivity index (χ3n) is 5.27. The molecule has 0 atom stereocenters. The van der Waals surface area contributed by atoms with E-state index in [2.05, 4.69) is 16.9 Å². The molecule has 0 amide bonds. The van der Waals surface area contributed by atoms with Crippen LogP contribution in [0.15, 0.2) is 76.5 Å². The van der Waals surface area contributed by atoms with Crippen LogP contribution in [0, 0.1) is 0 Å². The van der Waals surface area contributed by atoms with Crippen LogP contribution in [0.1, 0.15) is 29.5 Å². The van der Waals surface area contributed by atoms with Crippen LogP contribution in [-0.2, 0) is 28.6 Å². The largest absolute Gasteiger partial charge is 0.495 e. The van der Waals surface area contributed by atoms with E-state index in [-0.39, 0.29) is 4.90 Å². The van der Waals surface area contributed by atoms with E-state index < -0.39 is 10.0 Å². The topological polar surface area (TPSA) is 55.4 Å². The first-order valence-corrected chi connectivity index (χ1v) is 12.5. The van der Waals surface area contributed by atoms with E-state index in [1.807, 2.05) is 48.5 Å². The fourth-order valence-corrected chi connectivity index (χ4v) is 5.81. The normalized spacial score (nSPS) is 13.5. The van der Waals surface area contributed by atoms with Crippen molar-refractivity contribution >= 4 is 27.5 Å². The quantitative estimate of drug-likeness (QED) is 0.482. The molecule has 4 rings (SSSR count). The molecular formula is C24H25NO3S2. The van der Waals surface area contributed by atoms with Crippen LogP contribution < -0.4 is 9.46 Å². The first-order valence-electron chi connectivity index (χ1n) is 10.0. The molecule has 30 heavy (non-hydrogen) atoms. The molecule has 0 radical (unpaired) electrons. The molecule has 0 saturated heterocycles. The predicted molar refractivity (Wildman–Crippen MR) is 123 cm³/mol. The molecule has 1 aliphatic rings. The van der Waals surface area contributed by atoms with Crippen LogP contribution >= 0.6 is 11.8 Å². The van der Waals surface area contributed by atoms with Crippen molar-refractivity contribution in [3.8, 4) is 5.75 Å². The summed E-state index contributed by atoms with van der Waals surface area (Å²) in [4.78, 5) is 1.41. The summed E-state index contributed by atoms with van der Waals surface area (Å²) < 4.78 is 34.2. The smallest absolute Gasteiger partial charge is 0.265 e. The van der Waals surface area contributed by atoms with E-state index in [9.17, 15) is 8.42 Å². The van der Waals surface area contributed by atoms with Gasteiger partial charge >= 0.3 is 0 Å². The second-order valence-corrected chi connectivity index (χ2v) is 10.1. The minimum atomic E-state index is -3.74. The van der Waals surface area contributed by atoms with E-state index in [1.54, 1.807) is 17.8 Å². The third kappa shape index (κ3) is 4.82. The molecule has 1 N–H and O–H groups in total. The zero-order valence-electron chi connectivity index (χ0n) is 16.9. The van der Waals surface area contributed by atoms with Crippen molar-refractivity contribution in [1.82, 2.24) is 0 Å². The summed E-state index contributed by atoms with van der Waals surface area (Å²) >= 11 is 1.75. The summed E-state index contributed by atoms with van der Waals surface area (Å²) in [5, 5.41) is 0. The van der Waals surface area contributed by atoms with Crippen molar-refractivity contribution in [2.75, 3.05) is 11.8 Å². The number of nitrogens with one attached hydrogen (secondary N) is 1. The molecule has 3 aromatic carbocycles. The summed E-state index contributed by atoms with van der Waals surface area (Å²) in [6.07, 6.45) is 4.11. The van der Waals surface area contributed by atoms with E-state index in [4.69, 9.17) is 4.74 Å². The zero-order chi connectivity index (χ0) is 21.0. The molecule has 3 aromatic rings. The highest BCUT2D eigenvalue weighted by atomic mass is 32.2. The van der Waals surface area contributed by atoms with Crippen molar-refractivity contribution < 1.29 is 13.2 Å². The minimum Gasteiger partial charge on any atom is -0.495 e. The SMILES string of the molecule is COc1cc2c(cc1S(=O)(=O)Nc1ccc(CSc3ccccc3)cc1)CCCC2. The first-order chi connectivity index (χ1) is 14.5. The van der Waals surface area contributed by atoms with Gasteiger partial charge in [-0.25, -0.2) is 8.42 Å². The fourth-order valence-electron chi connectivity index (χ4n) is 3.67. The summed E-state index contributed by atoms with van der Waals surface area (Å²) in [6.45, 7) is 0. The van der Waals surface area contributed by atoms with Gasteiger partial charge in [-0.05, 0) is 78.8 Å². The Bertz CT molecular complexity index is 1110. The molecule has 0 saturated carbocycles. The Morgan fingerprint density at radius 2 is 1.60 bits per heavy atom. The van der Waals surface area contributed by atoms with Crippen molar-refractivity contribution in [1.29, 1.82) is 0 Å². The zero-order valence-corrected chi connectivity index (χ0v) is 18.6. The van der Waals surface area contributed by atoms with Crippen LogP contribution in [0.4, 0.5) is 5.69 Å². The van der Waals surface area contributed by atoms with Gasteiger partial charge in [0, 0.05) is 16.3 Å². The third-order valence-corrected chi connectivity index (χ3v) is 7.76. The summed E-state index contributed by atoms with van der Waals surface area (Å²) in [7, 11) is -2.22. The molecule has 0 bridgehead atoms. The van der Waals surface area contributed by atoms with Gasteiger partial charge in [-0.3, -0.25) is 4.72 Å². The van der Waals surface area contributed by atoms with Crippen molar-refractivity contribution in [3.63, 3.8) is 0 Å². The summed E-state index contributed by atoms with van der Waals surface area (Å²) in [6, 6.07) is 21.4. The van der Waals surface area contributed by atoms with Gasteiger partial charge in [0.1, 0.15) is 10.6 Å². The number of aryl methyl sites for hydroxylation is 2. The number of thioether (sulfide) groups is 1.